The molecule has 0 aliphatic carbocycles. The second-order valence-electron chi connectivity index (χ2n) is 5.93. The number of halogens is 1. The summed E-state index contributed by atoms with van der Waals surface area (Å²) in [7, 11) is 0. The Hall–Kier alpha value is -1.85. The lowest BCUT2D eigenvalue weighted by atomic mass is 10.2. The van der Waals surface area contributed by atoms with Crippen LogP contribution in [0.5, 0.6) is 0 Å². The van der Waals surface area contributed by atoms with E-state index in [4.69, 9.17) is 11.6 Å². The highest BCUT2D eigenvalue weighted by Crippen LogP contribution is 2.31. The normalized spacial score (nSPS) is 15.2. The first-order valence-electron chi connectivity index (χ1n) is 8.23. The molecule has 3 aromatic rings. The van der Waals surface area contributed by atoms with Gasteiger partial charge in [0.1, 0.15) is 17.0 Å². The molecular weight excluding hydrogens is 340 g/mol. The van der Waals surface area contributed by atoms with Crippen molar-refractivity contribution < 1.29 is 0 Å². The molecule has 0 atom stereocenters. The molecule has 0 spiro atoms. The van der Waals surface area contributed by atoms with Crippen LogP contribution in [-0.4, -0.2) is 36.1 Å². The molecule has 124 valence electrons. The number of hydrogen-bond acceptors (Lipinski definition) is 5. The fraction of sp³-hybridized carbons (Fsp3) is 0.333. The van der Waals surface area contributed by atoms with E-state index in [1.54, 1.807) is 17.7 Å². The van der Waals surface area contributed by atoms with E-state index in [0.717, 1.165) is 48.3 Å². The number of thiophene rings is 1. The van der Waals surface area contributed by atoms with Gasteiger partial charge < -0.3 is 9.80 Å². The highest BCUT2D eigenvalue weighted by atomic mass is 35.5. The van der Waals surface area contributed by atoms with Crippen molar-refractivity contribution in [2.45, 2.75) is 13.3 Å². The second-order valence-corrected chi connectivity index (χ2v) is 7.48. The molecule has 0 bridgehead atoms. The first-order valence-corrected chi connectivity index (χ1v) is 9.43. The summed E-state index contributed by atoms with van der Waals surface area (Å²) < 4.78 is 0. The molecule has 1 fully saturated rings. The molecule has 0 N–H and O–H groups in total. The quantitative estimate of drug-likeness (QED) is 0.701. The van der Waals surface area contributed by atoms with Crippen LogP contribution in [-0.2, 0) is 6.42 Å². The highest BCUT2D eigenvalue weighted by Gasteiger charge is 2.21. The molecule has 0 saturated carbocycles. The van der Waals surface area contributed by atoms with Gasteiger partial charge >= 0.3 is 0 Å². The van der Waals surface area contributed by atoms with Crippen LogP contribution in [0.15, 0.2) is 36.7 Å². The van der Waals surface area contributed by atoms with Gasteiger partial charge in [-0.15, -0.1) is 11.3 Å². The van der Waals surface area contributed by atoms with Gasteiger partial charge in [0, 0.05) is 41.8 Å². The predicted octanol–water partition coefficient (Wildman–Crippen LogP) is 4.23. The predicted molar refractivity (Wildman–Crippen MR) is 103 cm³/mol. The van der Waals surface area contributed by atoms with Crippen LogP contribution >= 0.6 is 22.9 Å². The third kappa shape index (κ3) is 2.94. The largest absolute Gasteiger partial charge is 0.368 e. The van der Waals surface area contributed by atoms with Crippen molar-refractivity contribution in [1.82, 2.24) is 9.97 Å². The van der Waals surface area contributed by atoms with E-state index in [-0.39, 0.29) is 0 Å². The summed E-state index contributed by atoms with van der Waals surface area (Å²) >= 11 is 7.76. The Balaban J connectivity index is 1.53. The number of aryl methyl sites for hydroxylation is 1. The molecule has 4 rings (SSSR count). The summed E-state index contributed by atoms with van der Waals surface area (Å²) in [6, 6.07) is 10.3. The topological polar surface area (TPSA) is 32.3 Å². The maximum atomic E-state index is 5.98. The van der Waals surface area contributed by atoms with Crippen LogP contribution in [0.25, 0.3) is 10.2 Å². The van der Waals surface area contributed by atoms with Crippen LogP contribution < -0.4 is 9.80 Å². The maximum Gasteiger partial charge on any atom is 0.140 e. The molecular formula is C18H19ClN4S. The molecule has 6 heteroatoms. The molecule has 0 amide bonds. The monoisotopic (exact) mass is 358 g/mol. The molecule has 0 radical (unpaired) electrons. The van der Waals surface area contributed by atoms with E-state index in [9.17, 15) is 0 Å². The van der Waals surface area contributed by atoms with Crippen molar-refractivity contribution in [2.24, 2.45) is 0 Å². The average molecular weight is 359 g/mol. The molecule has 4 nitrogen and oxygen atoms in total. The number of nitrogens with zero attached hydrogens (tertiary/aromatic N) is 4. The van der Waals surface area contributed by atoms with Gasteiger partial charge in [0.25, 0.3) is 0 Å². The van der Waals surface area contributed by atoms with Crippen LogP contribution in [0.1, 0.15) is 11.8 Å². The lowest BCUT2D eigenvalue weighted by Gasteiger charge is -2.36. The van der Waals surface area contributed by atoms with Crippen LogP contribution in [0, 0.1) is 0 Å². The van der Waals surface area contributed by atoms with Gasteiger partial charge in [-0.3, -0.25) is 0 Å². The third-order valence-corrected chi connectivity index (χ3v) is 5.92. The zero-order chi connectivity index (χ0) is 16.5. The standard InChI is InChI=1S/C18H19ClN4S/c1-2-15-11-16-17(20-12-21-18(16)24-15)23-9-7-22(8-10-23)14-5-3-13(19)4-6-14/h3-6,11-12H,2,7-10H2,1H3. The Morgan fingerprint density at radius 2 is 1.75 bits per heavy atom. The maximum absolute atomic E-state index is 5.98. The smallest absolute Gasteiger partial charge is 0.140 e. The Kier molecular flexibility index (Phi) is 4.29. The molecule has 0 unspecified atom stereocenters. The lowest BCUT2D eigenvalue weighted by Crippen LogP contribution is -2.46. The fourth-order valence-corrected chi connectivity index (χ4v) is 4.20. The zero-order valence-corrected chi connectivity index (χ0v) is 15.1. The second kappa shape index (κ2) is 6.57. The van der Waals surface area contributed by atoms with Gasteiger partial charge in [-0.2, -0.15) is 0 Å². The third-order valence-electron chi connectivity index (χ3n) is 4.48. The number of piperazine rings is 1. The molecule has 24 heavy (non-hydrogen) atoms. The van der Waals surface area contributed by atoms with E-state index >= 15 is 0 Å². The molecule has 3 heterocycles. The van der Waals surface area contributed by atoms with Crippen LogP contribution in [0.3, 0.4) is 0 Å². The minimum Gasteiger partial charge on any atom is -0.368 e. The zero-order valence-electron chi connectivity index (χ0n) is 13.6. The van der Waals surface area contributed by atoms with Crippen molar-refractivity contribution in [3.63, 3.8) is 0 Å². The van der Waals surface area contributed by atoms with Gasteiger partial charge in [-0.1, -0.05) is 18.5 Å². The van der Waals surface area contributed by atoms with Gasteiger partial charge in [0.2, 0.25) is 0 Å². The molecule has 1 aliphatic rings. The van der Waals surface area contributed by atoms with E-state index in [2.05, 4.69) is 44.9 Å². The summed E-state index contributed by atoms with van der Waals surface area (Å²) in [5.74, 6) is 1.08. The number of fused-ring (bicyclic) bond motifs is 1. The minimum atomic E-state index is 0.782. The van der Waals surface area contributed by atoms with Crippen molar-refractivity contribution in [3.8, 4) is 0 Å². The Labute approximate surface area is 150 Å². The van der Waals surface area contributed by atoms with Crippen molar-refractivity contribution in [1.29, 1.82) is 0 Å². The first-order chi connectivity index (χ1) is 11.7. The Morgan fingerprint density at radius 3 is 2.46 bits per heavy atom. The summed E-state index contributed by atoms with van der Waals surface area (Å²) in [4.78, 5) is 16.2. The molecule has 2 aromatic heterocycles. The van der Waals surface area contributed by atoms with Crippen molar-refractivity contribution >= 4 is 44.7 Å². The van der Waals surface area contributed by atoms with Gasteiger partial charge in [-0.05, 0) is 36.8 Å². The Morgan fingerprint density at radius 1 is 1.04 bits per heavy atom. The average Bonchev–Trinajstić information content (AvgIpc) is 3.06. The van der Waals surface area contributed by atoms with Gasteiger partial charge in [-0.25, -0.2) is 9.97 Å². The van der Waals surface area contributed by atoms with E-state index in [0.29, 0.717) is 0 Å². The number of hydrogen-bond donors (Lipinski definition) is 0. The Bertz CT molecular complexity index is 838. The van der Waals surface area contributed by atoms with E-state index in [1.165, 1.54) is 16.0 Å². The van der Waals surface area contributed by atoms with E-state index in [1.807, 2.05) is 12.1 Å². The molecule has 1 aliphatic heterocycles. The number of aromatic nitrogens is 2. The summed E-state index contributed by atoms with van der Waals surface area (Å²) in [5.41, 5.74) is 1.23. The minimum absolute atomic E-state index is 0.782. The SMILES string of the molecule is CCc1cc2c(N3CCN(c4ccc(Cl)cc4)CC3)ncnc2s1. The highest BCUT2D eigenvalue weighted by molar-refractivity contribution is 7.18. The van der Waals surface area contributed by atoms with Crippen molar-refractivity contribution in [3.05, 3.63) is 46.6 Å². The number of anilines is 2. The summed E-state index contributed by atoms with van der Waals surface area (Å²) in [6.07, 6.45) is 2.74. The fourth-order valence-electron chi connectivity index (χ4n) is 3.15. The van der Waals surface area contributed by atoms with Crippen molar-refractivity contribution in [2.75, 3.05) is 36.0 Å². The number of benzene rings is 1. The van der Waals surface area contributed by atoms with Gasteiger partial charge in [0.05, 0.1) is 5.39 Å². The van der Waals surface area contributed by atoms with E-state index < -0.39 is 0 Å². The van der Waals surface area contributed by atoms with Gasteiger partial charge in [0.15, 0.2) is 0 Å². The summed E-state index contributed by atoms with van der Waals surface area (Å²) in [6.45, 7) is 6.08. The van der Waals surface area contributed by atoms with Crippen LogP contribution in [0.2, 0.25) is 5.02 Å². The number of rotatable bonds is 3. The molecule has 1 saturated heterocycles. The summed E-state index contributed by atoms with van der Waals surface area (Å²) in [5, 5.41) is 1.98. The first kappa shape index (κ1) is 15.7. The van der Waals surface area contributed by atoms with Crippen LogP contribution in [0.4, 0.5) is 11.5 Å². The molecule has 1 aromatic carbocycles. The lowest BCUT2D eigenvalue weighted by molar-refractivity contribution is 0.649.